The van der Waals surface area contributed by atoms with E-state index in [9.17, 15) is 8.42 Å². The van der Waals surface area contributed by atoms with E-state index in [0.29, 0.717) is 23.1 Å². The van der Waals surface area contributed by atoms with Crippen LogP contribution in [0.4, 0.5) is 11.6 Å². The normalized spacial score (nSPS) is 15.3. The number of anilines is 2. The van der Waals surface area contributed by atoms with Crippen molar-refractivity contribution in [3.63, 3.8) is 0 Å². The molecule has 0 aliphatic carbocycles. The first kappa shape index (κ1) is 26.0. The Morgan fingerprint density at radius 1 is 0.875 bits per heavy atom. The molecule has 0 unspecified atom stereocenters. The molecule has 0 radical (unpaired) electrons. The van der Waals surface area contributed by atoms with Crippen LogP contribution in [0.5, 0.6) is 0 Å². The van der Waals surface area contributed by atoms with Gasteiger partial charge in [-0.25, -0.2) is 23.4 Å². The maximum Gasteiger partial charge on any atom is 0.247 e. The molecular formula is C31H26ClN5O2S. The number of halogens is 1. The van der Waals surface area contributed by atoms with Crippen molar-refractivity contribution >= 4 is 49.9 Å². The SMILES string of the molecule is Cc1ccc([C@H]2CC(c3cccc(NS(C)(=O)=O)c3)=NN2c2nc(-c3ccccc3)c3cc(Cl)ccc3n2)cc1. The number of rotatable bonds is 6. The first-order valence-electron chi connectivity index (χ1n) is 12.8. The Morgan fingerprint density at radius 3 is 2.38 bits per heavy atom. The minimum atomic E-state index is -3.41. The Balaban J connectivity index is 1.50. The molecule has 2 heterocycles. The van der Waals surface area contributed by atoms with Gasteiger partial charge in [0.15, 0.2) is 0 Å². The van der Waals surface area contributed by atoms with Gasteiger partial charge in [-0.15, -0.1) is 0 Å². The summed E-state index contributed by atoms with van der Waals surface area (Å²) in [6.07, 6.45) is 1.73. The number of fused-ring (bicyclic) bond motifs is 1. The van der Waals surface area contributed by atoms with E-state index in [2.05, 4.69) is 35.9 Å². The quantitative estimate of drug-likeness (QED) is 0.239. The lowest BCUT2D eigenvalue weighted by Gasteiger charge is -2.23. The molecule has 1 aromatic heterocycles. The van der Waals surface area contributed by atoms with Gasteiger partial charge in [-0.05, 0) is 48.4 Å². The van der Waals surface area contributed by atoms with E-state index in [0.717, 1.165) is 45.3 Å². The second-order valence-corrected chi connectivity index (χ2v) is 12.1. The van der Waals surface area contributed by atoms with E-state index in [4.69, 9.17) is 26.7 Å². The van der Waals surface area contributed by atoms with Crippen molar-refractivity contribution in [2.24, 2.45) is 5.10 Å². The minimum absolute atomic E-state index is 0.157. The number of aromatic nitrogens is 2. The fraction of sp³-hybridized carbons (Fsp3) is 0.129. The predicted molar refractivity (Wildman–Crippen MR) is 162 cm³/mol. The second-order valence-electron chi connectivity index (χ2n) is 9.88. The molecule has 9 heteroatoms. The van der Waals surface area contributed by atoms with Crippen LogP contribution in [0.2, 0.25) is 5.02 Å². The average molecular weight is 568 g/mol. The smallest absolute Gasteiger partial charge is 0.247 e. The van der Waals surface area contributed by atoms with Crippen LogP contribution in [-0.2, 0) is 10.0 Å². The number of hydrazone groups is 1. The molecule has 0 fully saturated rings. The molecule has 7 nitrogen and oxygen atoms in total. The van der Waals surface area contributed by atoms with Gasteiger partial charge in [0.25, 0.3) is 0 Å². The van der Waals surface area contributed by atoms with Crippen molar-refractivity contribution in [2.75, 3.05) is 16.0 Å². The highest BCUT2D eigenvalue weighted by atomic mass is 35.5. The molecule has 1 atom stereocenters. The van der Waals surface area contributed by atoms with E-state index in [1.807, 2.05) is 65.7 Å². The largest absolute Gasteiger partial charge is 0.284 e. The van der Waals surface area contributed by atoms with Gasteiger partial charge in [-0.1, -0.05) is 83.9 Å². The summed E-state index contributed by atoms with van der Waals surface area (Å²) >= 11 is 6.37. The summed E-state index contributed by atoms with van der Waals surface area (Å²) in [5.41, 5.74) is 6.85. The monoisotopic (exact) mass is 567 g/mol. The molecule has 200 valence electrons. The van der Waals surface area contributed by atoms with Crippen molar-refractivity contribution < 1.29 is 8.42 Å². The molecule has 0 bridgehead atoms. The first-order chi connectivity index (χ1) is 19.2. The lowest BCUT2D eigenvalue weighted by atomic mass is 9.97. The molecule has 0 saturated carbocycles. The van der Waals surface area contributed by atoms with Crippen molar-refractivity contribution in [1.29, 1.82) is 0 Å². The van der Waals surface area contributed by atoms with Crippen LogP contribution >= 0.6 is 11.6 Å². The van der Waals surface area contributed by atoms with Crippen LogP contribution in [-0.4, -0.2) is 30.4 Å². The molecule has 6 rings (SSSR count). The first-order valence-corrected chi connectivity index (χ1v) is 15.0. The van der Waals surface area contributed by atoms with Gasteiger partial charge < -0.3 is 0 Å². The zero-order valence-electron chi connectivity index (χ0n) is 21.9. The fourth-order valence-electron chi connectivity index (χ4n) is 4.90. The van der Waals surface area contributed by atoms with E-state index in [1.165, 1.54) is 5.56 Å². The summed E-state index contributed by atoms with van der Waals surface area (Å²) in [7, 11) is -3.41. The van der Waals surface area contributed by atoms with Crippen molar-refractivity contribution in [2.45, 2.75) is 19.4 Å². The predicted octanol–water partition coefficient (Wildman–Crippen LogP) is 6.99. The highest BCUT2D eigenvalue weighted by molar-refractivity contribution is 7.92. The van der Waals surface area contributed by atoms with Crippen LogP contribution in [0.1, 0.15) is 29.2 Å². The maximum atomic E-state index is 11.8. The third-order valence-corrected chi connectivity index (χ3v) is 7.61. The molecule has 1 aliphatic rings. The van der Waals surface area contributed by atoms with Crippen LogP contribution in [0.15, 0.2) is 102 Å². The number of benzene rings is 4. The number of hydrogen-bond acceptors (Lipinski definition) is 6. The van der Waals surface area contributed by atoms with E-state index >= 15 is 0 Å². The topological polar surface area (TPSA) is 87.5 Å². The zero-order valence-corrected chi connectivity index (χ0v) is 23.5. The second kappa shape index (κ2) is 10.4. The minimum Gasteiger partial charge on any atom is -0.284 e. The van der Waals surface area contributed by atoms with Gasteiger partial charge in [0.1, 0.15) is 0 Å². The summed E-state index contributed by atoms with van der Waals surface area (Å²) in [6.45, 7) is 2.06. The lowest BCUT2D eigenvalue weighted by molar-refractivity contribution is 0.607. The summed E-state index contributed by atoms with van der Waals surface area (Å²) < 4.78 is 26.2. The van der Waals surface area contributed by atoms with Crippen molar-refractivity contribution in [3.05, 3.63) is 119 Å². The van der Waals surface area contributed by atoms with Crippen molar-refractivity contribution in [1.82, 2.24) is 9.97 Å². The van der Waals surface area contributed by atoms with Gasteiger partial charge in [0.05, 0.1) is 29.2 Å². The third-order valence-electron chi connectivity index (χ3n) is 6.77. The standard InChI is InChI=1S/C31H26ClN5O2S/c1-20-11-13-21(14-12-20)29-19-28(23-9-6-10-25(17-23)36-40(2,38)39)35-37(29)31-33-27-16-15-24(32)18-26(27)30(34-31)22-7-4-3-5-8-22/h3-18,29,36H,19H2,1-2H3/t29-/m1/s1. The Hall–Kier alpha value is -4.27. The molecule has 0 saturated heterocycles. The highest BCUT2D eigenvalue weighted by Crippen LogP contribution is 2.38. The van der Waals surface area contributed by atoms with Crippen LogP contribution < -0.4 is 9.73 Å². The third kappa shape index (κ3) is 5.41. The van der Waals surface area contributed by atoms with E-state index in [1.54, 1.807) is 12.1 Å². The van der Waals surface area contributed by atoms with Gasteiger partial charge in [-0.2, -0.15) is 5.10 Å². The number of hydrogen-bond donors (Lipinski definition) is 1. The molecule has 1 aliphatic heterocycles. The lowest BCUT2D eigenvalue weighted by Crippen LogP contribution is -2.21. The van der Waals surface area contributed by atoms with Crippen LogP contribution in [0.3, 0.4) is 0 Å². The molecule has 40 heavy (non-hydrogen) atoms. The van der Waals surface area contributed by atoms with Crippen LogP contribution in [0.25, 0.3) is 22.2 Å². The Kier molecular flexibility index (Phi) is 6.73. The molecule has 1 N–H and O–H groups in total. The van der Waals surface area contributed by atoms with E-state index < -0.39 is 10.0 Å². The summed E-state index contributed by atoms with van der Waals surface area (Å²) in [4.78, 5) is 9.97. The zero-order chi connectivity index (χ0) is 27.9. The highest BCUT2D eigenvalue weighted by Gasteiger charge is 2.32. The molecular weight excluding hydrogens is 542 g/mol. The number of aryl methyl sites for hydroxylation is 1. The maximum absolute atomic E-state index is 11.8. The fourth-order valence-corrected chi connectivity index (χ4v) is 5.63. The Bertz CT molecular complexity index is 1860. The number of nitrogens with zero attached hydrogens (tertiary/aromatic N) is 4. The Labute approximate surface area is 238 Å². The van der Waals surface area contributed by atoms with Gasteiger partial charge >= 0.3 is 0 Å². The molecule has 4 aromatic carbocycles. The van der Waals surface area contributed by atoms with Crippen LogP contribution in [0, 0.1) is 6.92 Å². The summed E-state index contributed by atoms with van der Waals surface area (Å²) in [5, 5.41) is 8.37. The summed E-state index contributed by atoms with van der Waals surface area (Å²) in [5.74, 6) is 0.472. The average Bonchev–Trinajstić information content (AvgIpc) is 3.38. The van der Waals surface area contributed by atoms with Crippen molar-refractivity contribution in [3.8, 4) is 11.3 Å². The Morgan fingerprint density at radius 2 is 1.62 bits per heavy atom. The van der Waals surface area contributed by atoms with Gasteiger partial charge in [-0.3, -0.25) is 4.72 Å². The molecule has 5 aromatic rings. The van der Waals surface area contributed by atoms with Gasteiger partial charge in [0, 0.05) is 28.1 Å². The number of sulfonamides is 1. The van der Waals surface area contributed by atoms with Gasteiger partial charge in [0.2, 0.25) is 16.0 Å². The molecule has 0 spiro atoms. The molecule has 0 amide bonds. The van der Waals surface area contributed by atoms with E-state index in [-0.39, 0.29) is 6.04 Å². The summed E-state index contributed by atoms with van der Waals surface area (Å²) in [6, 6.07) is 31.1. The number of nitrogens with one attached hydrogen (secondary N) is 1.